The molecule has 4 nitrogen and oxygen atoms in total. The first-order valence-electron chi connectivity index (χ1n) is 9.52. The minimum Gasteiger partial charge on any atom is -0.478 e. The number of aromatic nitrogens is 1. The predicted octanol–water partition coefficient (Wildman–Crippen LogP) is 5.07. The number of rotatable bonds is 4. The number of carbonyl (C=O) groups is 1. The van der Waals surface area contributed by atoms with Crippen LogP contribution in [0.25, 0.3) is 22.0 Å². The van der Waals surface area contributed by atoms with Crippen molar-refractivity contribution in [1.82, 2.24) is 9.88 Å². The fourth-order valence-electron chi connectivity index (χ4n) is 4.03. The lowest BCUT2D eigenvalue weighted by atomic mass is 9.97. The second-order valence-corrected chi connectivity index (χ2v) is 7.39. The van der Waals surface area contributed by atoms with E-state index in [-0.39, 0.29) is 0 Å². The van der Waals surface area contributed by atoms with Gasteiger partial charge in [-0.3, -0.25) is 9.88 Å². The van der Waals surface area contributed by atoms with Crippen molar-refractivity contribution in [3.63, 3.8) is 0 Å². The molecular formula is C23H24N2O2. The number of carboxylic acid groups (broad SMARTS) is 1. The highest BCUT2D eigenvalue weighted by atomic mass is 16.4. The zero-order valence-electron chi connectivity index (χ0n) is 15.8. The molecule has 1 aliphatic heterocycles. The molecule has 1 aromatic heterocycles. The lowest BCUT2D eigenvalue weighted by Gasteiger charge is -2.24. The van der Waals surface area contributed by atoms with E-state index in [4.69, 9.17) is 0 Å². The van der Waals surface area contributed by atoms with E-state index in [2.05, 4.69) is 41.1 Å². The topological polar surface area (TPSA) is 53.4 Å². The first-order chi connectivity index (χ1) is 13.0. The summed E-state index contributed by atoms with van der Waals surface area (Å²) in [5, 5.41) is 10.3. The van der Waals surface area contributed by atoms with Crippen molar-refractivity contribution < 1.29 is 9.90 Å². The van der Waals surface area contributed by atoms with E-state index in [1.54, 1.807) is 6.07 Å². The molecular weight excluding hydrogens is 336 g/mol. The molecule has 27 heavy (non-hydrogen) atoms. The van der Waals surface area contributed by atoms with Crippen molar-refractivity contribution in [3.05, 3.63) is 65.4 Å². The van der Waals surface area contributed by atoms with Gasteiger partial charge in [-0.25, -0.2) is 4.79 Å². The number of likely N-dealkylation sites (tertiary alicyclic amines) is 1. The molecule has 0 unspecified atom stereocenters. The maximum Gasteiger partial charge on any atom is 0.336 e. The maximum atomic E-state index is 11.7. The lowest BCUT2D eigenvalue weighted by molar-refractivity contribution is 0.0699. The molecule has 0 amide bonds. The minimum atomic E-state index is -0.918. The van der Waals surface area contributed by atoms with Crippen LogP contribution in [0.15, 0.2) is 48.5 Å². The Bertz CT molecular complexity index is 1010. The quantitative estimate of drug-likeness (QED) is 0.706. The smallest absolute Gasteiger partial charge is 0.336 e. The van der Waals surface area contributed by atoms with E-state index in [0.29, 0.717) is 22.7 Å². The summed E-state index contributed by atoms with van der Waals surface area (Å²) in [6, 6.07) is 16.5. The Morgan fingerprint density at radius 2 is 1.81 bits per heavy atom. The normalized spacial score (nSPS) is 15.9. The second kappa shape index (κ2) is 7.12. The Morgan fingerprint density at radius 3 is 2.56 bits per heavy atom. The summed E-state index contributed by atoms with van der Waals surface area (Å²) in [4.78, 5) is 18.7. The molecule has 0 saturated carbocycles. The average Bonchev–Trinajstić information content (AvgIpc) is 3.21. The summed E-state index contributed by atoms with van der Waals surface area (Å²) in [6.07, 6.45) is 2.55. The summed E-state index contributed by atoms with van der Waals surface area (Å²) in [7, 11) is 0. The number of pyridine rings is 1. The third-order valence-electron chi connectivity index (χ3n) is 5.56. The van der Waals surface area contributed by atoms with Crippen LogP contribution in [-0.4, -0.2) is 34.0 Å². The van der Waals surface area contributed by atoms with E-state index in [1.807, 2.05) is 25.1 Å². The van der Waals surface area contributed by atoms with Crippen LogP contribution in [0.1, 0.15) is 47.4 Å². The molecule has 0 bridgehead atoms. The number of benzene rings is 2. The van der Waals surface area contributed by atoms with Crippen molar-refractivity contribution in [1.29, 1.82) is 0 Å². The van der Waals surface area contributed by atoms with Gasteiger partial charge in [0.1, 0.15) is 0 Å². The number of fused-ring (bicyclic) bond motifs is 1. The van der Waals surface area contributed by atoms with Crippen LogP contribution in [0.3, 0.4) is 0 Å². The number of hydrogen-bond acceptors (Lipinski definition) is 3. The van der Waals surface area contributed by atoms with Gasteiger partial charge in [-0.1, -0.05) is 24.3 Å². The lowest BCUT2D eigenvalue weighted by Crippen LogP contribution is -2.23. The number of nitrogens with zero attached hydrogens (tertiary/aromatic N) is 2. The SMILES string of the molecule is Cc1cc(C(=O)O)c2cc(-c3cccc([C@@H](C)N4CCCC4)c3)ccc2n1. The van der Waals surface area contributed by atoms with Gasteiger partial charge in [0, 0.05) is 17.1 Å². The fraction of sp³-hybridized carbons (Fsp3) is 0.304. The molecule has 0 aliphatic carbocycles. The molecule has 1 fully saturated rings. The van der Waals surface area contributed by atoms with Gasteiger partial charge in [-0.15, -0.1) is 0 Å². The molecule has 2 aromatic carbocycles. The van der Waals surface area contributed by atoms with E-state index >= 15 is 0 Å². The van der Waals surface area contributed by atoms with Crippen LogP contribution < -0.4 is 0 Å². The van der Waals surface area contributed by atoms with Gasteiger partial charge in [0.2, 0.25) is 0 Å². The van der Waals surface area contributed by atoms with Gasteiger partial charge in [-0.05, 0) is 80.7 Å². The number of aromatic carboxylic acids is 1. The van der Waals surface area contributed by atoms with Crippen molar-refractivity contribution in [2.75, 3.05) is 13.1 Å². The molecule has 0 spiro atoms. The summed E-state index contributed by atoms with van der Waals surface area (Å²) in [5.74, 6) is -0.918. The van der Waals surface area contributed by atoms with Crippen LogP contribution in [-0.2, 0) is 0 Å². The van der Waals surface area contributed by atoms with Gasteiger partial charge in [0.15, 0.2) is 0 Å². The fourth-order valence-corrected chi connectivity index (χ4v) is 4.03. The molecule has 1 N–H and O–H groups in total. The van der Waals surface area contributed by atoms with Crippen LogP contribution in [0.4, 0.5) is 0 Å². The summed E-state index contributed by atoms with van der Waals surface area (Å²) < 4.78 is 0. The molecule has 0 radical (unpaired) electrons. The second-order valence-electron chi connectivity index (χ2n) is 7.39. The molecule has 4 rings (SSSR count). The highest BCUT2D eigenvalue weighted by molar-refractivity contribution is 6.03. The van der Waals surface area contributed by atoms with Crippen LogP contribution in [0, 0.1) is 6.92 Å². The van der Waals surface area contributed by atoms with Crippen molar-refractivity contribution >= 4 is 16.9 Å². The monoisotopic (exact) mass is 360 g/mol. The van der Waals surface area contributed by atoms with Gasteiger partial charge in [0.05, 0.1) is 11.1 Å². The largest absolute Gasteiger partial charge is 0.478 e. The van der Waals surface area contributed by atoms with Crippen LogP contribution in [0.2, 0.25) is 0 Å². The van der Waals surface area contributed by atoms with Gasteiger partial charge in [0.25, 0.3) is 0 Å². The zero-order valence-corrected chi connectivity index (χ0v) is 15.8. The van der Waals surface area contributed by atoms with Gasteiger partial charge >= 0.3 is 5.97 Å². The molecule has 1 atom stereocenters. The Hall–Kier alpha value is -2.72. The average molecular weight is 360 g/mol. The first-order valence-corrected chi connectivity index (χ1v) is 9.52. The minimum absolute atomic E-state index is 0.306. The highest BCUT2D eigenvalue weighted by Gasteiger charge is 2.19. The van der Waals surface area contributed by atoms with Crippen molar-refractivity contribution in [3.8, 4) is 11.1 Å². The molecule has 1 saturated heterocycles. The van der Waals surface area contributed by atoms with Crippen molar-refractivity contribution in [2.24, 2.45) is 0 Å². The van der Waals surface area contributed by atoms with E-state index in [1.165, 1.54) is 18.4 Å². The van der Waals surface area contributed by atoms with E-state index in [0.717, 1.165) is 29.7 Å². The standard InChI is InChI=1S/C23H24N2O2/c1-15-12-21(23(26)27)20-14-19(8-9-22(20)24-15)18-7-5-6-17(13-18)16(2)25-10-3-4-11-25/h5-9,12-14,16H,3-4,10-11H2,1-2H3,(H,26,27)/t16-/m1/s1. The van der Waals surface area contributed by atoms with Crippen LogP contribution in [0.5, 0.6) is 0 Å². The number of hydrogen-bond donors (Lipinski definition) is 1. The Morgan fingerprint density at radius 1 is 1.07 bits per heavy atom. The number of aryl methyl sites for hydroxylation is 1. The van der Waals surface area contributed by atoms with Crippen molar-refractivity contribution in [2.45, 2.75) is 32.7 Å². The number of carboxylic acids is 1. The Kier molecular flexibility index (Phi) is 4.66. The Balaban J connectivity index is 1.76. The zero-order chi connectivity index (χ0) is 19.0. The summed E-state index contributed by atoms with van der Waals surface area (Å²) in [5.41, 5.74) is 5.17. The van der Waals surface area contributed by atoms with Crippen LogP contribution >= 0.6 is 0 Å². The van der Waals surface area contributed by atoms with E-state index in [9.17, 15) is 9.90 Å². The summed E-state index contributed by atoms with van der Waals surface area (Å²) >= 11 is 0. The Labute approximate surface area is 159 Å². The molecule has 4 heteroatoms. The maximum absolute atomic E-state index is 11.7. The third-order valence-corrected chi connectivity index (χ3v) is 5.56. The predicted molar refractivity (Wildman–Crippen MR) is 108 cm³/mol. The molecule has 3 aromatic rings. The summed E-state index contributed by atoms with van der Waals surface area (Å²) in [6.45, 7) is 6.41. The third kappa shape index (κ3) is 3.45. The molecule has 138 valence electrons. The van der Waals surface area contributed by atoms with E-state index < -0.39 is 5.97 Å². The highest BCUT2D eigenvalue weighted by Crippen LogP contribution is 2.30. The van der Waals surface area contributed by atoms with Gasteiger partial charge in [-0.2, -0.15) is 0 Å². The van der Waals surface area contributed by atoms with Gasteiger partial charge < -0.3 is 5.11 Å². The molecule has 2 heterocycles. The molecule has 1 aliphatic rings. The first kappa shape index (κ1) is 17.7.